The Hall–Kier alpha value is -1.29. The van der Waals surface area contributed by atoms with Gasteiger partial charge in [-0.3, -0.25) is 0 Å². The fourth-order valence-electron chi connectivity index (χ4n) is 1.91. The number of imidazole rings is 1. The summed E-state index contributed by atoms with van der Waals surface area (Å²) in [5.41, 5.74) is 2.30. The van der Waals surface area contributed by atoms with Crippen LogP contribution in [0.2, 0.25) is 0 Å². The van der Waals surface area contributed by atoms with E-state index in [4.69, 9.17) is 0 Å². The van der Waals surface area contributed by atoms with E-state index in [1.807, 2.05) is 12.4 Å². The lowest BCUT2D eigenvalue weighted by molar-refractivity contribution is 0.751. The second-order valence-electron chi connectivity index (χ2n) is 4.48. The molecule has 0 aliphatic heterocycles. The van der Waals surface area contributed by atoms with Gasteiger partial charge in [0.1, 0.15) is 0 Å². The topological polar surface area (TPSA) is 29.9 Å². The van der Waals surface area contributed by atoms with Gasteiger partial charge in [0.25, 0.3) is 0 Å². The molecule has 0 saturated heterocycles. The molecule has 1 N–H and O–H groups in total. The highest BCUT2D eigenvalue weighted by Crippen LogP contribution is 2.37. The average molecular weight is 292 g/mol. The van der Waals surface area contributed by atoms with E-state index in [0.29, 0.717) is 6.04 Å². The van der Waals surface area contributed by atoms with Gasteiger partial charge in [0.05, 0.1) is 0 Å². The number of benzene rings is 1. The molecule has 0 unspecified atom stereocenters. The maximum Gasteiger partial charge on any atom is 0.207 e. The third-order valence-electron chi connectivity index (χ3n) is 3.02. The molecule has 0 amide bonds. The molecule has 2 aromatic rings. The van der Waals surface area contributed by atoms with Crippen LogP contribution in [-0.2, 0) is 0 Å². The van der Waals surface area contributed by atoms with E-state index in [9.17, 15) is 0 Å². The fourth-order valence-corrected chi connectivity index (χ4v) is 2.16. The molecule has 1 aromatic carbocycles. The van der Waals surface area contributed by atoms with Crippen LogP contribution < -0.4 is 5.32 Å². The number of hydrogen-bond donors (Lipinski definition) is 1. The normalized spacial score (nSPS) is 14.9. The van der Waals surface area contributed by atoms with Crippen molar-refractivity contribution in [1.29, 1.82) is 0 Å². The fraction of sp³-hybridized carbons (Fsp3) is 0.308. The number of rotatable bonds is 3. The molecule has 1 fully saturated rings. The smallest absolute Gasteiger partial charge is 0.207 e. The van der Waals surface area contributed by atoms with Crippen LogP contribution in [-0.4, -0.2) is 9.55 Å². The van der Waals surface area contributed by atoms with Crippen LogP contribution in [0.25, 0.3) is 0 Å². The van der Waals surface area contributed by atoms with Crippen LogP contribution in [0.5, 0.6) is 0 Å². The summed E-state index contributed by atoms with van der Waals surface area (Å²) >= 11 is 3.51. The third kappa shape index (κ3) is 2.22. The number of nitrogens with zero attached hydrogens (tertiary/aromatic N) is 2. The van der Waals surface area contributed by atoms with E-state index in [0.717, 1.165) is 16.1 Å². The van der Waals surface area contributed by atoms with Gasteiger partial charge in [-0.25, -0.2) is 4.98 Å². The van der Waals surface area contributed by atoms with Crippen molar-refractivity contribution in [2.75, 3.05) is 5.32 Å². The molecule has 0 spiro atoms. The second kappa shape index (κ2) is 4.18. The lowest BCUT2D eigenvalue weighted by Gasteiger charge is -2.09. The summed E-state index contributed by atoms with van der Waals surface area (Å²) in [4.78, 5) is 4.36. The van der Waals surface area contributed by atoms with Crippen LogP contribution in [0.4, 0.5) is 11.6 Å². The largest absolute Gasteiger partial charge is 0.326 e. The van der Waals surface area contributed by atoms with E-state index < -0.39 is 0 Å². The zero-order chi connectivity index (χ0) is 11.8. The van der Waals surface area contributed by atoms with Gasteiger partial charge in [-0.1, -0.05) is 15.9 Å². The van der Waals surface area contributed by atoms with Crippen molar-refractivity contribution < 1.29 is 0 Å². The van der Waals surface area contributed by atoms with Gasteiger partial charge >= 0.3 is 0 Å². The van der Waals surface area contributed by atoms with Gasteiger partial charge in [-0.2, -0.15) is 0 Å². The highest BCUT2D eigenvalue weighted by Gasteiger charge is 2.25. The first-order valence-electron chi connectivity index (χ1n) is 5.80. The van der Waals surface area contributed by atoms with Gasteiger partial charge in [0.15, 0.2) is 0 Å². The lowest BCUT2D eigenvalue weighted by atomic mass is 10.2. The SMILES string of the molecule is Cc1cc(Nc2nccn2C2CC2)ccc1Br. The number of halogens is 1. The number of nitrogens with one attached hydrogen (secondary N) is 1. The van der Waals surface area contributed by atoms with Crippen molar-refractivity contribution in [3.8, 4) is 0 Å². The summed E-state index contributed by atoms with van der Waals surface area (Å²) in [5, 5.41) is 3.37. The summed E-state index contributed by atoms with van der Waals surface area (Å²) in [6.45, 7) is 2.09. The predicted octanol–water partition coefficient (Wildman–Crippen LogP) is 4.03. The molecule has 3 rings (SSSR count). The Morgan fingerprint density at radius 1 is 1.41 bits per heavy atom. The first-order valence-corrected chi connectivity index (χ1v) is 6.59. The van der Waals surface area contributed by atoms with Crippen molar-refractivity contribution >= 4 is 27.6 Å². The third-order valence-corrected chi connectivity index (χ3v) is 3.91. The number of aromatic nitrogens is 2. The Labute approximate surface area is 109 Å². The molecule has 1 heterocycles. The van der Waals surface area contributed by atoms with Crippen LogP contribution in [0.1, 0.15) is 24.4 Å². The van der Waals surface area contributed by atoms with Crippen molar-refractivity contribution in [1.82, 2.24) is 9.55 Å². The first-order chi connectivity index (χ1) is 8.24. The molecule has 0 bridgehead atoms. The summed E-state index contributed by atoms with van der Waals surface area (Å²) in [6.07, 6.45) is 6.44. The van der Waals surface area contributed by atoms with Gasteiger partial charge in [-0.15, -0.1) is 0 Å². The molecule has 17 heavy (non-hydrogen) atoms. The minimum absolute atomic E-state index is 0.650. The molecule has 3 nitrogen and oxygen atoms in total. The van der Waals surface area contributed by atoms with E-state index >= 15 is 0 Å². The van der Waals surface area contributed by atoms with E-state index in [2.05, 4.69) is 55.9 Å². The van der Waals surface area contributed by atoms with Crippen LogP contribution in [0.3, 0.4) is 0 Å². The zero-order valence-electron chi connectivity index (χ0n) is 9.65. The van der Waals surface area contributed by atoms with E-state index in [1.54, 1.807) is 0 Å². The van der Waals surface area contributed by atoms with Crippen LogP contribution >= 0.6 is 15.9 Å². The minimum atomic E-state index is 0.650. The Kier molecular flexibility index (Phi) is 2.67. The molecule has 0 radical (unpaired) electrons. The molecule has 1 aromatic heterocycles. The maximum atomic E-state index is 4.36. The Morgan fingerprint density at radius 2 is 2.24 bits per heavy atom. The maximum absolute atomic E-state index is 4.36. The molecule has 1 aliphatic rings. The lowest BCUT2D eigenvalue weighted by Crippen LogP contribution is -2.01. The standard InChI is InChI=1S/C13H14BrN3/c1-9-8-10(2-5-12(9)14)16-13-15-6-7-17(13)11-3-4-11/h2,5-8,11H,3-4H2,1H3,(H,15,16). The molecule has 1 saturated carbocycles. The van der Waals surface area contributed by atoms with Crippen molar-refractivity contribution in [2.45, 2.75) is 25.8 Å². The molecule has 1 aliphatic carbocycles. The van der Waals surface area contributed by atoms with Gasteiger partial charge < -0.3 is 9.88 Å². The number of aryl methyl sites for hydroxylation is 1. The van der Waals surface area contributed by atoms with Crippen molar-refractivity contribution in [3.05, 3.63) is 40.6 Å². The molecule has 0 atom stereocenters. The number of hydrogen-bond acceptors (Lipinski definition) is 2. The predicted molar refractivity (Wildman–Crippen MR) is 72.7 cm³/mol. The van der Waals surface area contributed by atoms with Crippen molar-refractivity contribution in [2.24, 2.45) is 0 Å². The van der Waals surface area contributed by atoms with Gasteiger partial charge in [-0.05, 0) is 43.5 Å². The monoisotopic (exact) mass is 291 g/mol. The zero-order valence-corrected chi connectivity index (χ0v) is 11.2. The molecular weight excluding hydrogens is 278 g/mol. The van der Waals surface area contributed by atoms with E-state index in [1.165, 1.54) is 18.4 Å². The molecule has 4 heteroatoms. The highest BCUT2D eigenvalue weighted by molar-refractivity contribution is 9.10. The summed E-state index contributed by atoms with van der Waals surface area (Å²) in [6, 6.07) is 6.89. The van der Waals surface area contributed by atoms with Gasteiger partial charge in [0, 0.05) is 28.6 Å². The van der Waals surface area contributed by atoms with Crippen LogP contribution in [0.15, 0.2) is 35.1 Å². The molecule has 88 valence electrons. The first kappa shape index (κ1) is 10.8. The number of anilines is 2. The summed E-state index contributed by atoms with van der Waals surface area (Å²) in [5.74, 6) is 0.939. The van der Waals surface area contributed by atoms with Crippen molar-refractivity contribution in [3.63, 3.8) is 0 Å². The summed E-state index contributed by atoms with van der Waals surface area (Å²) in [7, 11) is 0. The summed E-state index contributed by atoms with van der Waals surface area (Å²) < 4.78 is 3.35. The Morgan fingerprint density at radius 3 is 2.94 bits per heavy atom. The second-order valence-corrected chi connectivity index (χ2v) is 5.33. The van der Waals surface area contributed by atoms with Crippen LogP contribution in [0, 0.1) is 6.92 Å². The highest BCUT2D eigenvalue weighted by atomic mass is 79.9. The Bertz CT molecular complexity index is 543. The quantitative estimate of drug-likeness (QED) is 0.925. The average Bonchev–Trinajstić information content (AvgIpc) is 3.05. The molecular formula is C13H14BrN3. The minimum Gasteiger partial charge on any atom is -0.326 e. The van der Waals surface area contributed by atoms with E-state index in [-0.39, 0.29) is 0 Å². The van der Waals surface area contributed by atoms with Gasteiger partial charge in [0.2, 0.25) is 5.95 Å². The Balaban J connectivity index is 1.85.